The van der Waals surface area contributed by atoms with Crippen LogP contribution < -0.4 is 0 Å². The molecule has 0 saturated carbocycles. The number of carbonyl (C=O) groups excluding carboxylic acids is 2. The van der Waals surface area contributed by atoms with Crippen LogP contribution in [0, 0.1) is 0 Å². The van der Waals surface area contributed by atoms with Crippen molar-refractivity contribution in [2.75, 3.05) is 33.0 Å². The fraction of sp³-hybridized carbons (Fsp3) is 0.739. The van der Waals surface area contributed by atoms with Crippen LogP contribution in [0.5, 0.6) is 0 Å². The van der Waals surface area contributed by atoms with Gasteiger partial charge in [0.1, 0.15) is 0 Å². The quantitative estimate of drug-likeness (QED) is 0.345. The zero-order valence-electron chi connectivity index (χ0n) is 20.3. The lowest BCUT2D eigenvalue weighted by molar-refractivity contribution is -0.130. The van der Waals surface area contributed by atoms with Gasteiger partial charge in [0.15, 0.2) is 0 Å². The van der Waals surface area contributed by atoms with E-state index in [9.17, 15) is 9.59 Å². The second kappa shape index (κ2) is 16.0. The van der Waals surface area contributed by atoms with Crippen molar-refractivity contribution in [2.24, 2.45) is 0 Å². The minimum Gasteiger partial charge on any atom is -0.374 e. The second-order valence-corrected chi connectivity index (χ2v) is 7.89. The third kappa shape index (κ3) is 13.3. The van der Waals surface area contributed by atoms with Crippen molar-refractivity contribution in [3.63, 3.8) is 0 Å². The smallest absolute Gasteiger partial charge is 0.223 e. The molecule has 180 valence electrons. The van der Waals surface area contributed by atoms with E-state index >= 15 is 0 Å². The van der Waals surface area contributed by atoms with Crippen LogP contribution in [0.1, 0.15) is 48.5 Å². The van der Waals surface area contributed by atoms with E-state index in [4.69, 9.17) is 18.9 Å². The number of amides is 2. The summed E-state index contributed by atoms with van der Waals surface area (Å²) in [4.78, 5) is 26.0. The van der Waals surface area contributed by atoms with Gasteiger partial charge in [0.2, 0.25) is 11.8 Å². The van der Waals surface area contributed by atoms with Crippen LogP contribution in [0.15, 0.2) is 25.6 Å². The number of hydrogen-bond donors (Lipinski definition) is 0. The van der Waals surface area contributed by atoms with Crippen molar-refractivity contribution in [3.05, 3.63) is 25.6 Å². The normalized spacial score (nSPS) is 16.0. The lowest BCUT2D eigenvalue weighted by Crippen LogP contribution is -2.37. The topological polar surface area (TPSA) is 77.5 Å². The van der Waals surface area contributed by atoms with Crippen LogP contribution in [0.3, 0.4) is 0 Å². The largest absolute Gasteiger partial charge is 0.374 e. The highest BCUT2D eigenvalue weighted by molar-refractivity contribution is 5.74. The van der Waals surface area contributed by atoms with Gasteiger partial charge in [0.05, 0.1) is 63.4 Å². The van der Waals surface area contributed by atoms with E-state index in [0.29, 0.717) is 33.0 Å². The van der Waals surface area contributed by atoms with Crippen LogP contribution >= 0.6 is 0 Å². The van der Waals surface area contributed by atoms with Crippen molar-refractivity contribution >= 4 is 11.8 Å². The van der Waals surface area contributed by atoms with Gasteiger partial charge in [-0.05, 0) is 47.0 Å². The van der Waals surface area contributed by atoms with Crippen molar-refractivity contribution in [1.82, 2.24) is 9.80 Å². The predicted octanol–water partition coefficient (Wildman–Crippen LogP) is 2.98. The van der Waals surface area contributed by atoms with E-state index in [1.54, 1.807) is 4.90 Å². The van der Waals surface area contributed by atoms with E-state index in [0.717, 1.165) is 0 Å². The molecule has 8 heteroatoms. The fourth-order valence-electron chi connectivity index (χ4n) is 2.71. The molecule has 0 aliphatic rings. The Morgan fingerprint density at radius 1 is 0.710 bits per heavy atom. The van der Waals surface area contributed by atoms with E-state index in [1.165, 1.54) is 31.1 Å². The van der Waals surface area contributed by atoms with Crippen molar-refractivity contribution in [3.8, 4) is 0 Å². The molecule has 0 fully saturated rings. The zero-order valence-corrected chi connectivity index (χ0v) is 20.3. The first-order chi connectivity index (χ1) is 14.5. The van der Waals surface area contributed by atoms with E-state index < -0.39 is 0 Å². The van der Waals surface area contributed by atoms with Gasteiger partial charge in [-0.1, -0.05) is 13.2 Å². The Bertz CT molecular complexity index is 556. The first-order valence-corrected chi connectivity index (χ1v) is 10.8. The molecule has 0 radical (unpaired) electrons. The van der Waals surface area contributed by atoms with Crippen molar-refractivity contribution in [2.45, 2.75) is 78.9 Å². The maximum absolute atomic E-state index is 11.5. The van der Waals surface area contributed by atoms with E-state index in [-0.39, 0.29) is 42.3 Å². The summed E-state index contributed by atoms with van der Waals surface area (Å²) in [6.07, 6.45) is 2.58. The summed E-state index contributed by atoms with van der Waals surface area (Å²) in [7, 11) is 0. The van der Waals surface area contributed by atoms with Gasteiger partial charge in [-0.2, -0.15) is 0 Å². The van der Waals surface area contributed by atoms with Crippen molar-refractivity contribution < 1.29 is 28.5 Å². The summed E-state index contributed by atoms with van der Waals surface area (Å²) in [5.74, 6) is -0.129. The Kier molecular flexibility index (Phi) is 15.1. The number of nitrogens with zero attached hydrogens (tertiary/aromatic N) is 2. The molecule has 0 aliphatic carbocycles. The monoisotopic (exact) mass is 442 g/mol. The molecule has 0 aromatic carbocycles. The number of ether oxygens (including phenoxy) is 4. The molecule has 5 unspecified atom stereocenters. The van der Waals surface area contributed by atoms with Crippen LogP contribution in [-0.4, -0.2) is 85.0 Å². The average molecular weight is 443 g/mol. The summed E-state index contributed by atoms with van der Waals surface area (Å²) in [5.41, 5.74) is 0. The predicted molar refractivity (Wildman–Crippen MR) is 121 cm³/mol. The molecule has 2 amide bonds. The third-order valence-corrected chi connectivity index (χ3v) is 4.58. The van der Waals surface area contributed by atoms with Crippen LogP contribution in [0.2, 0.25) is 0 Å². The van der Waals surface area contributed by atoms with Crippen LogP contribution in [-0.2, 0) is 28.5 Å². The number of carbonyl (C=O) groups is 2. The molecule has 0 spiro atoms. The molecule has 0 saturated heterocycles. The molecule has 0 rings (SSSR count). The minimum atomic E-state index is -0.123. The Labute approximate surface area is 188 Å². The summed E-state index contributed by atoms with van der Waals surface area (Å²) in [6, 6.07) is -0.0875. The highest BCUT2D eigenvalue weighted by Gasteiger charge is 2.16. The maximum atomic E-state index is 11.5. The molecular weight excluding hydrogens is 400 g/mol. The van der Waals surface area contributed by atoms with E-state index in [2.05, 4.69) is 13.2 Å². The fourth-order valence-corrected chi connectivity index (χ4v) is 2.71. The van der Waals surface area contributed by atoms with Gasteiger partial charge in [-0.3, -0.25) is 9.59 Å². The standard InChI is InChI=1S/C23H42N2O6/c1-10-24(22(8)26)12-18(4)29-14-20(6)31-16-21(7)30-15-19(5)28-13-17(3)25(11-2)23(9)27/h10-11,17-21H,1-2,12-16H2,3-9H3. The average Bonchev–Trinajstić information content (AvgIpc) is 2.71. The van der Waals surface area contributed by atoms with Crippen molar-refractivity contribution in [1.29, 1.82) is 0 Å². The van der Waals surface area contributed by atoms with E-state index in [1.807, 2.05) is 34.6 Å². The highest BCUT2D eigenvalue weighted by atomic mass is 16.6. The minimum absolute atomic E-state index is 0.0646. The molecule has 0 N–H and O–H groups in total. The number of rotatable bonds is 17. The highest BCUT2D eigenvalue weighted by Crippen LogP contribution is 2.06. The maximum Gasteiger partial charge on any atom is 0.223 e. The summed E-state index contributed by atoms with van der Waals surface area (Å²) in [6.45, 7) is 22.0. The van der Waals surface area contributed by atoms with Gasteiger partial charge >= 0.3 is 0 Å². The first kappa shape index (κ1) is 29.3. The molecule has 0 bridgehead atoms. The molecule has 31 heavy (non-hydrogen) atoms. The van der Waals surface area contributed by atoms with Gasteiger partial charge in [-0.25, -0.2) is 0 Å². The van der Waals surface area contributed by atoms with Crippen LogP contribution in [0.4, 0.5) is 0 Å². The lowest BCUT2D eigenvalue weighted by atomic mass is 10.3. The molecular formula is C23H42N2O6. The summed E-state index contributed by atoms with van der Waals surface area (Å²) < 4.78 is 23.1. The Hall–Kier alpha value is -1.74. The Morgan fingerprint density at radius 3 is 1.48 bits per heavy atom. The van der Waals surface area contributed by atoms with Gasteiger partial charge in [-0.15, -0.1) is 0 Å². The molecule has 0 aromatic rings. The van der Waals surface area contributed by atoms with Gasteiger partial charge < -0.3 is 28.7 Å². The number of hydrogen-bond acceptors (Lipinski definition) is 6. The lowest BCUT2D eigenvalue weighted by Gasteiger charge is -2.26. The summed E-state index contributed by atoms with van der Waals surface area (Å²) in [5, 5.41) is 0. The molecule has 8 nitrogen and oxygen atoms in total. The molecule has 0 heterocycles. The van der Waals surface area contributed by atoms with Crippen LogP contribution in [0.25, 0.3) is 0 Å². The zero-order chi connectivity index (χ0) is 24.0. The molecule has 0 aliphatic heterocycles. The Balaban J connectivity index is 4.05. The molecule has 5 atom stereocenters. The second-order valence-electron chi connectivity index (χ2n) is 7.89. The third-order valence-electron chi connectivity index (χ3n) is 4.58. The van der Waals surface area contributed by atoms with Gasteiger partial charge in [0.25, 0.3) is 0 Å². The van der Waals surface area contributed by atoms with Gasteiger partial charge in [0, 0.05) is 13.8 Å². The summed E-state index contributed by atoms with van der Waals surface area (Å²) >= 11 is 0. The molecule has 0 aromatic heterocycles. The SMILES string of the molecule is C=CN(CC(C)OCC(C)OCC(C)OCC(C)OCC(C)N(C=C)C(C)=O)C(C)=O. The first-order valence-electron chi connectivity index (χ1n) is 10.8. The Morgan fingerprint density at radius 2 is 1.13 bits per heavy atom.